The summed E-state index contributed by atoms with van der Waals surface area (Å²) >= 11 is 2.28. The summed E-state index contributed by atoms with van der Waals surface area (Å²) in [5, 5.41) is 0. The molecule has 0 atom stereocenters. The van der Waals surface area contributed by atoms with Gasteiger partial charge in [0.2, 0.25) is 0 Å². The molecule has 0 heterocycles. The Morgan fingerprint density at radius 1 is 0.400 bits per heavy atom. The van der Waals surface area contributed by atoms with E-state index in [0.29, 0.717) is 92.4 Å². The smallest absolute Gasteiger partial charge is 0.0701 e. The average molecular weight is 479 g/mol. The van der Waals surface area contributed by atoms with Gasteiger partial charge in [-0.2, -0.15) is 0 Å². The van der Waals surface area contributed by atoms with Crippen molar-refractivity contribution in [2.24, 2.45) is 5.73 Å². The molecule has 8 nitrogen and oxygen atoms in total. The minimum absolute atomic E-state index is 0.538. The summed E-state index contributed by atoms with van der Waals surface area (Å²) < 4.78 is 38.3. The molecule has 0 radical (unpaired) electrons. The van der Waals surface area contributed by atoms with Crippen molar-refractivity contribution in [1.82, 2.24) is 0 Å². The number of rotatable bonds is 22. The van der Waals surface area contributed by atoms with E-state index in [2.05, 4.69) is 22.6 Å². The highest BCUT2D eigenvalue weighted by atomic mass is 127. The molecule has 0 rings (SSSR count). The number of nitrogens with two attached hydrogens (primary N) is 1. The van der Waals surface area contributed by atoms with Crippen molar-refractivity contribution >= 4 is 22.6 Å². The summed E-state index contributed by atoms with van der Waals surface area (Å²) in [7, 11) is 0. The minimum atomic E-state index is 0.538. The fraction of sp³-hybridized carbons (Fsp3) is 1.00. The fourth-order valence-electron chi connectivity index (χ4n) is 1.56. The topological polar surface area (TPSA) is 90.6 Å². The summed E-state index contributed by atoms with van der Waals surface area (Å²) in [6, 6.07) is 0. The molecule has 2 N–H and O–H groups in total. The fourth-order valence-corrected chi connectivity index (χ4v) is 1.87. The van der Waals surface area contributed by atoms with Crippen molar-refractivity contribution in [2.75, 3.05) is 103 Å². The average Bonchev–Trinajstić information content (AvgIpc) is 2.63. The highest BCUT2D eigenvalue weighted by molar-refractivity contribution is 14.1. The van der Waals surface area contributed by atoms with Crippen LogP contribution in [0, 0.1) is 0 Å². The molecule has 9 heteroatoms. The lowest BCUT2D eigenvalue weighted by molar-refractivity contribution is -0.0197. The number of halogens is 1. The van der Waals surface area contributed by atoms with Gasteiger partial charge in [0.15, 0.2) is 0 Å². The molecule has 0 spiro atoms. The number of alkyl halides is 1. The highest BCUT2D eigenvalue weighted by Crippen LogP contribution is 1.86. The molecule has 0 fully saturated rings. The van der Waals surface area contributed by atoms with Crippen molar-refractivity contribution in [3.8, 4) is 0 Å². The monoisotopic (exact) mass is 479 g/mol. The van der Waals surface area contributed by atoms with E-state index in [0.717, 1.165) is 11.0 Å². The summed E-state index contributed by atoms with van der Waals surface area (Å²) in [5.74, 6) is 0. The van der Waals surface area contributed by atoms with E-state index >= 15 is 0 Å². The molecule has 0 saturated heterocycles. The zero-order valence-corrected chi connectivity index (χ0v) is 17.3. The van der Waals surface area contributed by atoms with Crippen molar-refractivity contribution in [1.29, 1.82) is 0 Å². The molecule has 0 aromatic rings. The molecule has 0 bridgehead atoms. The lowest BCUT2D eigenvalue weighted by Crippen LogP contribution is -2.15. The molecule has 0 unspecified atom stereocenters. The zero-order chi connectivity index (χ0) is 18.3. The van der Waals surface area contributed by atoms with Crippen LogP contribution < -0.4 is 5.73 Å². The van der Waals surface area contributed by atoms with Crippen LogP contribution >= 0.6 is 22.6 Å². The first kappa shape index (κ1) is 25.4. The van der Waals surface area contributed by atoms with Gasteiger partial charge in [-0.25, -0.2) is 0 Å². The van der Waals surface area contributed by atoms with Gasteiger partial charge in [-0.3, -0.25) is 0 Å². The van der Waals surface area contributed by atoms with Crippen LogP contribution in [0.25, 0.3) is 0 Å². The molecule has 0 aliphatic carbocycles. The van der Waals surface area contributed by atoms with Crippen molar-refractivity contribution in [3.05, 3.63) is 0 Å². The molecule has 152 valence electrons. The molecule has 0 aliphatic heterocycles. The SMILES string of the molecule is NCCOCCOCCOCCOCCOCCOCCOCCI. The Morgan fingerprint density at radius 3 is 0.880 bits per heavy atom. The molecule has 0 saturated carbocycles. The van der Waals surface area contributed by atoms with Crippen LogP contribution in [-0.2, 0) is 33.2 Å². The van der Waals surface area contributed by atoms with Crippen LogP contribution in [0.2, 0.25) is 0 Å². The summed E-state index contributed by atoms with van der Waals surface area (Å²) in [6.45, 7) is 8.72. The van der Waals surface area contributed by atoms with Crippen LogP contribution in [0.4, 0.5) is 0 Å². The van der Waals surface area contributed by atoms with E-state index in [-0.39, 0.29) is 0 Å². The summed E-state index contributed by atoms with van der Waals surface area (Å²) in [5.41, 5.74) is 5.30. The van der Waals surface area contributed by atoms with E-state index in [1.54, 1.807) is 0 Å². The highest BCUT2D eigenvalue weighted by Gasteiger charge is 1.94. The zero-order valence-electron chi connectivity index (χ0n) is 15.1. The van der Waals surface area contributed by atoms with Gasteiger partial charge in [0.25, 0.3) is 0 Å². The number of hydrogen-bond donors (Lipinski definition) is 1. The van der Waals surface area contributed by atoms with E-state index in [1.165, 1.54) is 0 Å². The largest absolute Gasteiger partial charge is 0.378 e. The first-order valence-electron chi connectivity index (χ1n) is 8.72. The van der Waals surface area contributed by atoms with Crippen molar-refractivity contribution < 1.29 is 33.2 Å². The maximum Gasteiger partial charge on any atom is 0.0701 e. The van der Waals surface area contributed by atoms with Gasteiger partial charge >= 0.3 is 0 Å². The third-order valence-corrected chi connectivity index (χ3v) is 3.16. The van der Waals surface area contributed by atoms with Crippen LogP contribution in [0.3, 0.4) is 0 Å². The second-order valence-corrected chi connectivity index (χ2v) is 5.84. The van der Waals surface area contributed by atoms with Crippen molar-refractivity contribution in [2.45, 2.75) is 0 Å². The molecule has 0 amide bonds. The van der Waals surface area contributed by atoms with Gasteiger partial charge in [0.05, 0.1) is 92.5 Å². The molecular weight excluding hydrogens is 445 g/mol. The third-order valence-electron chi connectivity index (χ3n) is 2.72. The van der Waals surface area contributed by atoms with E-state index in [4.69, 9.17) is 38.9 Å². The predicted octanol–water partition coefficient (Wildman–Crippen LogP) is 0.496. The van der Waals surface area contributed by atoms with Gasteiger partial charge in [0.1, 0.15) is 0 Å². The van der Waals surface area contributed by atoms with Gasteiger partial charge in [-0.1, -0.05) is 22.6 Å². The minimum Gasteiger partial charge on any atom is -0.378 e. The Labute approximate surface area is 165 Å². The second kappa shape index (κ2) is 24.4. The van der Waals surface area contributed by atoms with Crippen LogP contribution in [0.15, 0.2) is 0 Å². The normalized spacial score (nSPS) is 11.3. The predicted molar refractivity (Wildman–Crippen MR) is 104 cm³/mol. The third kappa shape index (κ3) is 24.4. The van der Waals surface area contributed by atoms with Gasteiger partial charge < -0.3 is 38.9 Å². The van der Waals surface area contributed by atoms with Gasteiger partial charge in [-0.15, -0.1) is 0 Å². The molecule has 0 aromatic carbocycles. The Morgan fingerprint density at radius 2 is 0.640 bits per heavy atom. The van der Waals surface area contributed by atoms with Crippen molar-refractivity contribution in [3.63, 3.8) is 0 Å². The number of hydrogen-bond acceptors (Lipinski definition) is 8. The quantitative estimate of drug-likeness (QED) is 0.136. The number of ether oxygens (including phenoxy) is 7. The molecule has 0 aromatic heterocycles. The van der Waals surface area contributed by atoms with Crippen LogP contribution in [0.5, 0.6) is 0 Å². The first-order chi connectivity index (χ1) is 12.4. The van der Waals surface area contributed by atoms with Crippen LogP contribution in [0.1, 0.15) is 0 Å². The Bertz CT molecular complexity index is 219. The lowest BCUT2D eigenvalue weighted by Gasteiger charge is -2.08. The molecular formula is C16H34INO7. The molecule has 0 aliphatic rings. The summed E-state index contributed by atoms with van der Waals surface area (Å²) in [4.78, 5) is 0. The Balaban J connectivity index is 2.94. The lowest BCUT2D eigenvalue weighted by atomic mass is 10.6. The maximum atomic E-state index is 5.39. The first-order valence-corrected chi connectivity index (χ1v) is 10.2. The van der Waals surface area contributed by atoms with Gasteiger partial charge in [-0.05, 0) is 0 Å². The standard InChI is InChI=1S/C16H34INO7/c17-1-3-19-5-7-21-9-11-23-13-15-25-16-14-24-12-10-22-8-6-20-4-2-18/h1-16,18H2. The van der Waals surface area contributed by atoms with E-state index in [9.17, 15) is 0 Å². The Kier molecular flexibility index (Phi) is 24.8. The second-order valence-electron chi connectivity index (χ2n) is 4.76. The van der Waals surface area contributed by atoms with E-state index < -0.39 is 0 Å². The van der Waals surface area contributed by atoms with E-state index in [1.807, 2.05) is 0 Å². The van der Waals surface area contributed by atoms with Crippen LogP contribution in [-0.4, -0.2) is 103 Å². The summed E-state index contributed by atoms with van der Waals surface area (Å²) in [6.07, 6.45) is 0. The molecule has 25 heavy (non-hydrogen) atoms. The Hall–Kier alpha value is 0.410. The maximum absolute atomic E-state index is 5.39. The van der Waals surface area contributed by atoms with Gasteiger partial charge in [0, 0.05) is 11.0 Å².